The van der Waals surface area contributed by atoms with Gasteiger partial charge < -0.3 is 0 Å². The quantitative estimate of drug-likeness (QED) is 0.217. The maximum absolute atomic E-state index is 12.7. The van der Waals surface area contributed by atoms with E-state index in [-0.39, 0.29) is 11.8 Å². The fraction of sp³-hybridized carbons (Fsp3) is 0.0833. The second kappa shape index (κ2) is 4.63. The van der Waals surface area contributed by atoms with Gasteiger partial charge in [-0.05, 0) is 62.3 Å². The van der Waals surface area contributed by atoms with Crippen molar-refractivity contribution >= 4 is 54.9 Å². The van der Waals surface area contributed by atoms with Crippen LogP contribution in [-0.2, 0) is 0 Å². The number of amides is 2. The summed E-state index contributed by atoms with van der Waals surface area (Å²) in [5.41, 5.74) is 2.46. The van der Waals surface area contributed by atoms with Crippen molar-refractivity contribution in [1.29, 1.82) is 0 Å². The van der Waals surface area contributed by atoms with Crippen molar-refractivity contribution in [3.05, 3.63) is 71.3 Å². The second-order valence-electron chi connectivity index (χ2n) is 7.40. The summed E-state index contributed by atoms with van der Waals surface area (Å²) in [4.78, 5) is 26.7. The second-order valence-corrected chi connectivity index (χ2v) is 7.40. The number of fused-ring (bicyclic) bond motifs is 2. The summed E-state index contributed by atoms with van der Waals surface area (Å²) in [6.07, 6.45) is 0. The number of benzene rings is 5. The van der Waals surface area contributed by atoms with E-state index in [4.69, 9.17) is 0 Å². The number of hydrogen-bond donors (Lipinski definition) is 0. The molecule has 2 amide bonds. The molecule has 0 N–H and O–H groups in total. The van der Waals surface area contributed by atoms with Gasteiger partial charge in [-0.1, -0.05) is 42.5 Å². The Kier molecular flexibility index (Phi) is 2.52. The van der Waals surface area contributed by atoms with Crippen LogP contribution in [0.5, 0.6) is 0 Å². The Hall–Kier alpha value is -3.46. The molecule has 0 aliphatic carbocycles. The van der Waals surface area contributed by atoms with Crippen LogP contribution in [0.15, 0.2) is 54.6 Å². The molecule has 3 heteroatoms. The lowest BCUT2D eigenvalue weighted by atomic mass is 9.84. The molecular weight excluding hydrogens is 334 g/mol. The topological polar surface area (TPSA) is 37.4 Å². The van der Waals surface area contributed by atoms with E-state index in [1.54, 1.807) is 7.05 Å². The molecule has 1 aliphatic heterocycles. The molecule has 27 heavy (non-hydrogen) atoms. The normalized spacial score (nSPS) is 14.4. The van der Waals surface area contributed by atoms with Crippen molar-refractivity contribution in [2.75, 3.05) is 7.05 Å². The lowest BCUT2D eigenvalue weighted by molar-refractivity contribution is 0.0651. The number of carbonyl (C=O) groups excluding carboxylic acids is 2. The van der Waals surface area contributed by atoms with Gasteiger partial charge in [0.1, 0.15) is 0 Å². The third-order valence-corrected chi connectivity index (χ3v) is 6.07. The van der Waals surface area contributed by atoms with Gasteiger partial charge in [-0.15, -0.1) is 0 Å². The number of hydrogen-bond acceptors (Lipinski definition) is 2. The van der Waals surface area contributed by atoms with E-state index < -0.39 is 0 Å². The molecule has 0 aromatic heterocycles. The standard InChI is InChI=1S/C24H15NO2/c1-12-6-7-15-17-9-11-19-22-18(23(26)25(2)24(19)27)10-8-16(21(17)22)14-5-3-4-13(12)20(14)15/h3-11H,1-2H3. The van der Waals surface area contributed by atoms with Gasteiger partial charge in [0, 0.05) is 23.6 Å². The summed E-state index contributed by atoms with van der Waals surface area (Å²) in [6.45, 7) is 2.13. The molecule has 128 valence electrons. The van der Waals surface area contributed by atoms with Gasteiger partial charge in [-0.3, -0.25) is 14.5 Å². The maximum Gasteiger partial charge on any atom is 0.261 e. The molecule has 6 rings (SSSR count). The molecule has 0 unspecified atom stereocenters. The van der Waals surface area contributed by atoms with Crippen molar-refractivity contribution in [2.45, 2.75) is 6.92 Å². The number of aryl methyl sites for hydroxylation is 1. The van der Waals surface area contributed by atoms with E-state index in [1.807, 2.05) is 24.3 Å². The Bertz CT molecular complexity index is 1410. The Balaban J connectivity index is 1.99. The van der Waals surface area contributed by atoms with Crippen molar-refractivity contribution in [3.63, 3.8) is 0 Å². The zero-order chi connectivity index (χ0) is 18.4. The van der Waals surface area contributed by atoms with Gasteiger partial charge in [0.05, 0.1) is 0 Å². The maximum atomic E-state index is 12.7. The van der Waals surface area contributed by atoms with Crippen LogP contribution in [0.3, 0.4) is 0 Å². The predicted octanol–water partition coefficient (Wildman–Crippen LogP) is 5.27. The molecule has 1 heterocycles. The number of nitrogens with zero attached hydrogens (tertiary/aromatic N) is 1. The zero-order valence-corrected chi connectivity index (χ0v) is 15.0. The van der Waals surface area contributed by atoms with E-state index in [2.05, 4.69) is 37.3 Å². The zero-order valence-electron chi connectivity index (χ0n) is 15.0. The first-order valence-electron chi connectivity index (χ1n) is 9.03. The van der Waals surface area contributed by atoms with Crippen LogP contribution in [0.2, 0.25) is 0 Å². The molecule has 5 aromatic rings. The van der Waals surface area contributed by atoms with Crippen molar-refractivity contribution in [2.24, 2.45) is 0 Å². The van der Waals surface area contributed by atoms with Crippen LogP contribution >= 0.6 is 0 Å². The monoisotopic (exact) mass is 349 g/mol. The summed E-state index contributed by atoms with van der Waals surface area (Å²) in [5.74, 6) is -0.465. The van der Waals surface area contributed by atoms with Crippen LogP contribution in [0.25, 0.3) is 43.1 Å². The first kappa shape index (κ1) is 14.7. The molecule has 0 spiro atoms. The van der Waals surface area contributed by atoms with Gasteiger partial charge >= 0.3 is 0 Å². The van der Waals surface area contributed by atoms with Crippen LogP contribution in [0.4, 0.5) is 0 Å². The summed E-state index contributed by atoms with van der Waals surface area (Å²) in [6, 6.07) is 18.5. The van der Waals surface area contributed by atoms with E-state index in [9.17, 15) is 9.59 Å². The molecule has 0 saturated carbocycles. The Morgan fingerprint density at radius 3 is 1.78 bits per heavy atom. The summed E-state index contributed by atoms with van der Waals surface area (Å²) >= 11 is 0. The molecule has 0 radical (unpaired) electrons. The largest absolute Gasteiger partial charge is 0.277 e. The highest BCUT2D eigenvalue weighted by molar-refractivity contribution is 6.38. The van der Waals surface area contributed by atoms with Gasteiger partial charge in [-0.25, -0.2) is 0 Å². The van der Waals surface area contributed by atoms with Crippen LogP contribution in [0.1, 0.15) is 26.3 Å². The smallest absolute Gasteiger partial charge is 0.261 e. The van der Waals surface area contributed by atoms with E-state index in [1.165, 1.54) is 32.0 Å². The number of imide groups is 1. The van der Waals surface area contributed by atoms with Gasteiger partial charge in [-0.2, -0.15) is 0 Å². The predicted molar refractivity (Wildman–Crippen MR) is 109 cm³/mol. The molecule has 0 atom stereocenters. The molecule has 3 nitrogen and oxygen atoms in total. The highest BCUT2D eigenvalue weighted by Crippen LogP contribution is 2.43. The van der Waals surface area contributed by atoms with E-state index >= 15 is 0 Å². The fourth-order valence-corrected chi connectivity index (χ4v) is 4.76. The molecule has 5 aromatic carbocycles. The SMILES string of the molecule is Cc1ccc2c3ccc4c5c(ccc(c6cccc1c62)c53)C(=O)N(C)C4=O. The van der Waals surface area contributed by atoms with Crippen LogP contribution < -0.4 is 0 Å². The average molecular weight is 349 g/mol. The lowest BCUT2D eigenvalue weighted by Gasteiger charge is -2.25. The lowest BCUT2D eigenvalue weighted by Crippen LogP contribution is -2.36. The van der Waals surface area contributed by atoms with Gasteiger partial charge in [0.25, 0.3) is 11.8 Å². The van der Waals surface area contributed by atoms with Crippen molar-refractivity contribution < 1.29 is 9.59 Å². The Labute approximate surface area is 155 Å². The number of carbonyl (C=O) groups is 2. The fourth-order valence-electron chi connectivity index (χ4n) is 4.76. The Morgan fingerprint density at radius 2 is 1.11 bits per heavy atom. The highest BCUT2D eigenvalue weighted by atomic mass is 16.2. The molecule has 0 fully saturated rings. The van der Waals surface area contributed by atoms with Crippen molar-refractivity contribution in [3.8, 4) is 0 Å². The minimum absolute atomic E-state index is 0.232. The Morgan fingerprint density at radius 1 is 0.593 bits per heavy atom. The molecular formula is C24H15NO2. The molecule has 0 bridgehead atoms. The van der Waals surface area contributed by atoms with Crippen LogP contribution in [-0.4, -0.2) is 23.8 Å². The molecule has 1 aliphatic rings. The van der Waals surface area contributed by atoms with Crippen LogP contribution in [0, 0.1) is 6.92 Å². The van der Waals surface area contributed by atoms with Crippen molar-refractivity contribution in [1.82, 2.24) is 4.90 Å². The summed E-state index contributed by atoms with van der Waals surface area (Å²) < 4.78 is 0. The summed E-state index contributed by atoms with van der Waals surface area (Å²) in [5, 5.41) is 8.83. The minimum atomic E-state index is -0.232. The minimum Gasteiger partial charge on any atom is -0.277 e. The van der Waals surface area contributed by atoms with E-state index in [0.29, 0.717) is 11.1 Å². The summed E-state index contributed by atoms with van der Waals surface area (Å²) in [7, 11) is 1.55. The van der Waals surface area contributed by atoms with Gasteiger partial charge in [0.2, 0.25) is 0 Å². The first-order valence-corrected chi connectivity index (χ1v) is 9.03. The van der Waals surface area contributed by atoms with E-state index in [0.717, 1.165) is 21.5 Å². The molecule has 0 saturated heterocycles. The average Bonchev–Trinajstić information content (AvgIpc) is 2.70. The third kappa shape index (κ3) is 1.58. The third-order valence-electron chi connectivity index (χ3n) is 6.07. The highest BCUT2D eigenvalue weighted by Gasteiger charge is 2.31. The number of rotatable bonds is 0. The first-order chi connectivity index (χ1) is 13.1. The van der Waals surface area contributed by atoms with Gasteiger partial charge in [0.15, 0.2) is 0 Å².